The van der Waals surface area contributed by atoms with Gasteiger partial charge in [-0.2, -0.15) is 5.26 Å². The van der Waals surface area contributed by atoms with Crippen LogP contribution >= 0.6 is 11.3 Å². The molecule has 24 heavy (non-hydrogen) atoms. The highest BCUT2D eigenvalue weighted by Gasteiger charge is 2.09. The average Bonchev–Trinajstić information content (AvgIpc) is 3.08. The zero-order valence-corrected chi connectivity index (χ0v) is 13.1. The van der Waals surface area contributed by atoms with E-state index in [9.17, 15) is 9.59 Å². The molecular weight excluding hydrogens is 330 g/mol. The lowest BCUT2D eigenvalue weighted by Gasteiger charge is -2.07. The van der Waals surface area contributed by atoms with Gasteiger partial charge in [0.15, 0.2) is 6.61 Å². The molecule has 0 spiro atoms. The largest absolute Gasteiger partial charge is 0.482 e. The molecule has 0 saturated carbocycles. The van der Waals surface area contributed by atoms with E-state index in [2.05, 4.69) is 9.97 Å². The van der Waals surface area contributed by atoms with Gasteiger partial charge in [0.2, 0.25) is 0 Å². The van der Waals surface area contributed by atoms with Gasteiger partial charge in [0.25, 0.3) is 5.56 Å². The molecule has 2 heterocycles. The van der Waals surface area contributed by atoms with E-state index in [1.54, 1.807) is 35.7 Å². The fraction of sp³-hybridized carbons (Fsp3) is 0.125. The molecule has 0 saturated heterocycles. The molecule has 3 rings (SSSR count). The lowest BCUT2D eigenvalue weighted by molar-refractivity contribution is -0.147. The molecule has 7 nitrogen and oxygen atoms in total. The summed E-state index contributed by atoms with van der Waals surface area (Å²) in [5.41, 5.74) is 0.822. The third-order valence-electron chi connectivity index (χ3n) is 3.07. The summed E-state index contributed by atoms with van der Waals surface area (Å²) in [5, 5.41) is 10.5. The monoisotopic (exact) mass is 341 g/mol. The van der Waals surface area contributed by atoms with Gasteiger partial charge in [0.1, 0.15) is 22.9 Å². The maximum Gasteiger partial charge on any atom is 0.344 e. The molecule has 1 N–H and O–H groups in total. The van der Waals surface area contributed by atoms with Crippen LogP contribution in [0.5, 0.6) is 5.75 Å². The minimum Gasteiger partial charge on any atom is -0.482 e. The lowest BCUT2D eigenvalue weighted by atomic mass is 10.2. The molecule has 0 amide bonds. The number of H-pyrrole nitrogens is 1. The summed E-state index contributed by atoms with van der Waals surface area (Å²) in [6, 6.07) is 10.1. The Kier molecular flexibility index (Phi) is 4.54. The molecule has 1 aromatic carbocycles. The Morgan fingerprint density at radius 2 is 2.08 bits per heavy atom. The van der Waals surface area contributed by atoms with Crippen LogP contribution in [0.4, 0.5) is 0 Å². The first kappa shape index (κ1) is 15.7. The normalized spacial score (nSPS) is 10.3. The third kappa shape index (κ3) is 3.59. The molecule has 0 aliphatic rings. The minimum atomic E-state index is -0.590. The summed E-state index contributed by atoms with van der Waals surface area (Å²) in [4.78, 5) is 30.3. The molecule has 0 fully saturated rings. The van der Waals surface area contributed by atoms with E-state index in [-0.39, 0.29) is 24.6 Å². The van der Waals surface area contributed by atoms with Crippen LogP contribution in [0, 0.1) is 11.3 Å². The SMILES string of the molecule is N#Cc1ccc(OCC(=O)OCc2nc3ccsc3c(=O)[nH]2)cc1. The Bertz CT molecular complexity index is 969. The van der Waals surface area contributed by atoms with Crippen molar-refractivity contribution in [2.75, 3.05) is 6.61 Å². The Hall–Kier alpha value is -3.18. The zero-order valence-electron chi connectivity index (χ0n) is 12.3. The average molecular weight is 341 g/mol. The second-order valence-electron chi connectivity index (χ2n) is 4.73. The van der Waals surface area contributed by atoms with Crippen LogP contribution in [-0.2, 0) is 16.1 Å². The van der Waals surface area contributed by atoms with Crippen molar-refractivity contribution in [3.05, 3.63) is 57.5 Å². The van der Waals surface area contributed by atoms with Crippen molar-refractivity contribution in [2.45, 2.75) is 6.61 Å². The van der Waals surface area contributed by atoms with Crippen molar-refractivity contribution in [3.63, 3.8) is 0 Å². The van der Waals surface area contributed by atoms with Gasteiger partial charge in [-0.25, -0.2) is 9.78 Å². The summed E-state index contributed by atoms with van der Waals surface area (Å²) in [5.74, 6) is 0.141. The van der Waals surface area contributed by atoms with Crippen LogP contribution in [0.2, 0.25) is 0 Å². The molecule has 2 aromatic heterocycles. The van der Waals surface area contributed by atoms with E-state index in [1.165, 1.54) is 11.3 Å². The van der Waals surface area contributed by atoms with Crippen LogP contribution in [0.25, 0.3) is 10.2 Å². The molecule has 0 atom stereocenters. The molecule has 3 aromatic rings. The van der Waals surface area contributed by atoms with Crippen molar-refractivity contribution in [1.82, 2.24) is 9.97 Å². The Labute approximate surface area is 140 Å². The predicted octanol–water partition coefficient (Wildman–Crippen LogP) is 1.98. The highest BCUT2D eigenvalue weighted by Crippen LogP contribution is 2.14. The van der Waals surface area contributed by atoms with Gasteiger partial charge in [0.05, 0.1) is 17.1 Å². The Morgan fingerprint density at radius 1 is 1.29 bits per heavy atom. The summed E-state index contributed by atoms with van der Waals surface area (Å²) in [6.45, 7) is -0.423. The molecule has 0 aliphatic carbocycles. The zero-order chi connectivity index (χ0) is 16.9. The van der Waals surface area contributed by atoms with E-state index in [4.69, 9.17) is 14.7 Å². The topological polar surface area (TPSA) is 105 Å². The number of carbonyl (C=O) groups is 1. The molecule has 8 heteroatoms. The number of thiophene rings is 1. The number of aromatic nitrogens is 2. The number of esters is 1. The number of fused-ring (bicyclic) bond motifs is 1. The lowest BCUT2D eigenvalue weighted by Crippen LogP contribution is -2.17. The van der Waals surface area contributed by atoms with E-state index in [0.29, 0.717) is 21.5 Å². The van der Waals surface area contributed by atoms with E-state index in [0.717, 1.165) is 0 Å². The molecule has 120 valence electrons. The number of hydrogen-bond donors (Lipinski definition) is 1. The number of nitriles is 1. The van der Waals surface area contributed by atoms with Crippen LogP contribution < -0.4 is 10.3 Å². The summed E-state index contributed by atoms with van der Waals surface area (Å²) >= 11 is 1.30. The summed E-state index contributed by atoms with van der Waals surface area (Å²) in [6.07, 6.45) is 0. The first-order chi connectivity index (χ1) is 11.7. The number of aromatic amines is 1. The Balaban J connectivity index is 1.54. The van der Waals surface area contributed by atoms with Gasteiger partial charge < -0.3 is 14.5 Å². The van der Waals surface area contributed by atoms with Gasteiger partial charge in [0, 0.05) is 0 Å². The minimum absolute atomic E-state index is 0.142. The first-order valence-corrected chi connectivity index (χ1v) is 7.78. The number of ether oxygens (including phenoxy) is 2. The Morgan fingerprint density at radius 3 is 2.83 bits per heavy atom. The maximum atomic E-state index is 11.8. The van der Waals surface area contributed by atoms with E-state index >= 15 is 0 Å². The fourth-order valence-electron chi connectivity index (χ4n) is 1.95. The smallest absolute Gasteiger partial charge is 0.344 e. The van der Waals surface area contributed by atoms with Gasteiger partial charge >= 0.3 is 5.97 Å². The van der Waals surface area contributed by atoms with E-state index in [1.807, 2.05) is 6.07 Å². The molecule has 0 radical (unpaired) electrons. The number of nitrogens with zero attached hydrogens (tertiary/aromatic N) is 2. The van der Waals surface area contributed by atoms with Gasteiger partial charge in [-0.1, -0.05) is 0 Å². The van der Waals surface area contributed by atoms with Crippen LogP contribution in [0.1, 0.15) is 11.4 Å². The highest BCUT2D eigenvalue weighted by molar-refractivity contribution is 7.17. The second kappa shape index (κ2) is 6.93. The van der Waals surface area contributed by atoms with Gasteiger partial charge in [-0.15, -0.1) is 11.3 Å². The fourth-order valence-corrected chi connectivity index (χ4v) is 2.67. The standard InChI is InChI=1S/C16H11N3O4S/c17-7-10-1-3-11(4-2-10)22-9-14(20)23-8-13-18-12-5-6-24-15(12)16(21)19-13/h1-6H,8-9H2,(H,18,19,21). The number of carbonyl (C=O) groups excluding carboxylic acids is 1. The van der Waals surface area contributed by atoms with Gasteiger partial charge in [-0.05, 0) is 35.7 Å². The second-order valence-corrected chi connectivity index (χ2v) is 5.65. The van der Waals surface area contributed by atoms with Crippen LogP contribution in [0.15, 0.2) is 40.5 Å². The molecule has 0 aliphatic heterocycles. The van der Waals surface area contributed by atoms with Gasteiger partial charge in [-0.3, -0.25) is 4.79 Å². The number of benzene rings is 1. The summed E-state index contributed by atoms with van der Waals surface area (Å²) < 4.78 is 10.8. The molecule has 0 bridgehead atoms. The number of hydrogen-bond acceptors (Lipinski definition) is 7. The quantitative estimate of drug-likeness (QED) is 0.711. The first-order valence-electron chi connectivity index (χ1n) is 6.90. The number of nitrogens with one attached hydrogen (secondary N) is 1. The van der Waals surface area contributed by atoms with E-state index < -0.39 is 5.97 Å². The van der Waals surface area contributed by atoms with Crippen molar-refractivity contribution in [1.29, 1.82) is 5.26 Å². The molecular formula is C16H11N3O4S. The number of rotatable bonds is 5. The van der Waals surface area contributed by atoms with Crippen molar-refractivity contribution in [2.24, 2.45) is 0 Å². The third-order valence-corrected chi connectivity index (χ3v) is 3.98. The molecule has 0 unspecified atom stereocenters. The predicted molar refractivity (Wildman–Crippen MR) is 86.7 cm³/mol. The summed E-state index contributed by atoms with van der Waals surface area (Å²) in [7, 11) is 0. The van der Waals surface area contributed by atoms with Crippen LogP contribution in [-0.4, -0.2) is 22.5 Å². The van der Waals surface area contributed by atoms with Crippen LogP contribution in [0.3, 0.4) is 0 Å². The van der Waals surface area contributed by atoms with Crippen molar-refractivity contribution in [3.8, 4) is 11.8 Å². The maximum absolute atomic E-state index is 11.8. The van der Waals surface area contributed by atoms with Crippen molar-refractivity contribution < 1.29 is 14.3 Å². The highest BCUT2D eigenvalue weighted by atomic mass is 32.1. The van der Waals surface area contributed by atoms with Crippen molar-refractivity contribution >= 4 is 27.5 Å².